The average molecular weight is 286 g/mol. The third kappa shape index (κ3) is 1.93. The molecule has 3 nitrogen and oxygen atoms in total. The molecule has 0 saturated carbocycles. The van der Waals surface area contributed by atoms with E-state index < -0.39 is 0 Å². The molecule has 20 heavy (non-hydrogen) atoms. The van der Waals surface area contributed by atoms with Crippen LogP contribution >= 0.6 is 11.6 Å². The standard InChI is InChI=1S/C15H9ClFN3/c16-13-5-9(7-18)1-4-14(13)20-8-10-2-3-11(17)6-12(10)15(20)19/h1-6,19H,8H2. The van der Waals surface area contributed by atoms with Crippen LogP contribution in [0.15, 0.2) is 36.4 Å². The Balaban J connectivity index is 2.03. The topological polar surface area (TPSA) is 50.9 Å². The van der Waals surface area contributed by atoms with Gasteiger partial charge < -0.3 is 4.90 Å². The molecule has 3 rings (SSSR count). The highest BCUT2D eigenvalue weighted by atomic mass is 35.5. The van der Waals surface area contributed by atoms with Gasteiger partial charge in [0.25, 0.3) is 0 Å². The fraction of sp³-hybridized carbons (Fsp3) is 0.0667. The molecule has 1 aliphatic heterocycles. The maximum Gasteiger partial charge on any atom is 0.133 e. The van der Waals surface area contributed by atoms with Crippen molar-refractivity contribution < 1.29 is 4.39 Å². The molecule has 1 heterocycles. The summed E-state index contributed by atoms with van der Waals surface area (Å²) in [6.07, 6.45) is 0. The summed E-state index contributed by atoms with van der Waals surface area (Å²) in [4.78, 5) is 1.70. The summed E-state index contributed by atoms with van der Waals surface area (Å²) < 4.78 is 13.3. The van der Waals surface area contributed by atoms with Crippen molar-refractivity contribution in [2.24, 2.45) is 0 Å². The van der Waals surface area contributed by atoms with Gasteiger partial charge in [-0.05, 0) is 35.9 Å². The highest BCUT2D eigenvalue weighted by Gasteiger charge is 2.27. The van der Waals surface area contributed by atoms with Crippen molar-refractivity contribution in [2.45, 2.75) is 6.54 Å². The minimum absolute atomic E-state index is 0.214. The minimum Gasteiger partial charge on any atom is -0.320 e. The molecule has 2 aromatic carbocycles. The Bertz CT molecular complexity index is 764. The number of rotatable bonds is 1. The van der Waals surface area contributed by atoms with Crippen LogP contribution in [0.1, 0.15) is 16.7 Å². The number of hydrogen-bond donors (Lipinski definition) is 1. The maximum atomic E-state index is 13.3. The molecule has 0 atom stereocenters. The van der Waals surface area contributed by atoms with Crippen LogP contribution in [0.2, 0.25) is 5.02 Å². The second kappa shape index (κ2) is 4.62. The van der Waals surface area contributed by atoms with Crippen molar-refractivity contribution in [1.29, 1.82) is 10.7 Å². The van der Waals surface area contributed by atoms with E-state index in [1.165, 1.54) is 12.1 Å². The van der Waals surface area contributed by atoms with E-state index in [0.717, 1.165) is 5.56 Å². The van der Waals surface area contributed by atoms with Gasteiger partial charge in [-0.3, -0.25) is 5.41 Å². The number of nitrogens with one attached hydrogen (secondary N) is 1. The van der Waals surface area contributed by atoms with Crippen LogP contribution < -0.4 is 4.90 Å². The second-order valence-corrected chi connectivity index (χ2v) is 4.92. The summed E-state index contributed by atoms with van der Waals surface area (Å²) in [6.45, 7) is 0.472. The second-order valence-electron chi connectivity index (χ2n) is 4.51. The molecule has 0 amide bonds. The first-order valence-electron chi connectivity index (χ1n) is 5.94. The predicted molar refractivity (Wildman–Crippen MR) is 75.6 cm³/mol. The van der Waals surface area contributed by atoms with Crippen LogP contribution in [-0.2, 0) is 6.54 Å². The third-order valence-electron chi connectivity index (χ3n) is 3.29. The van der Waals surface area contributed by atoms with E-state index in [2.05, 4.69) is 0 Å². The molecule has 0 fully saturated rings. The fourth-order valence-corrected chi connectivity index (χ4v) is 2.59. The SMILES string of the molecule is N#Cc1ccc(N2Cc3ccc(F)cc3C2=N)c(Cl)c1. The van der Waals surface area contributed by atoms with Crippen LogP contribution in [0, 0.1) is 22.6 Å². The first-order chi connectivity index (χ1) is 9.60. The highest BCUT2D eigenvalue weighted by Crippen LogP contribution is 2.33. The summed E-state index contributed by atoms with van der Waals surface area (Å²) in [7, 11) is 0. The molecule has 0 aliphatic carbocycles. The number of nitrogens with zero attached hydrogens (tertiary/aromatic N) is 2. The lowest BCUT2D eigenvalue weighted by Crippen LogP contribution is -2.23. The van der Waals surface area contributed by atoms with Gasteiger partial charge in [0, 0.05) is 5.56 Å². The van der Waals surface area contributed by atoms with E-state index in [1.54, 1.807) is 29.2 Å². The predicted octanol–water partition coefficient (Wildman–Crippen LogP) is 3.70. The zero-order valence-corrected chi connectivity index (χ0v) is 11.1. The first-order valence-corrected chi connectivity index (χ1v) is 6.32. The average Bonchev–Trinajstić information content (AvgIpc) is 2.76. The molecular formula is C15H9ClFN3. The lowest BCUT2D eigenvalue weighted by molar-refractivity contribution is 0.627. The number of nitriles is 1. The van der Waals surface area contributed by atoms with Crippen LogP contribution in [0.5, 0.6) is 0 Å². The molecule has 2 aromatic rings. The molecule has 0 aromatic heterocycles. The molecule has 0 spiro atoms. The Hall–Kier alpha value is -2.38. The molecule has 98 valence electrons. The smallest absolute Gasteiger partial charge is 0.133 e. The number of hydrogen-bond acceptors (Lipinski definition) is 2. The Labute approximate surface area is 120 Å². The van der Waals surface area contributed by atoms with Gasteiger partial charge in [-0.15, -0.1) is 0 Å². The van der Waals surface area contributed by atoms with Crippen LogP contribution in [-0.4, -0.2) is 5.84 Å². The fourth-order valence-electron chi connectivity index (χ4n) is 2.30. The van der Waals surface area contributed by atoms with Gasteiger partial charge in [-0.25, -0.2) is 4.39 Å². The van der Waals surface area contributed by atoms with Gasteiger partial charge >= 0.3 is 0 Å². The Morgan fingerprint density at radius 2 is 2.05 bits per heavy atom. The van der Waals surface area contributed by atoms with E-state index in [9.17, 15) is 4.39 Å². The van der Waals surface area contributed by atoms with Gasteiger partial charge in [0.1, 0.15) is 11.7 Å². The minimum atomic E-state index is -0.360. The van der Waals surface area contributed by atoms with Crippen molar-refractivity contribution in [2.75, 3.05) is 4.90 Å². The van der Waals surface area contributed by atoms with Crippen molar-refractivity contribution in [1.82, 2.24) is 0 Å². The Morgan fingerprint density at radius 3 is 2.75 bits per heavy atom. The van der Waals surface area contributed by atoms with E-state index in [0.29, 0.717) is 28.4 Å². The Morgan fingerprint density at radius 1 is 1.25 bits per heavy atom. The van der Waals surface area contributed by atoms with E-state index in [1.807, 2.05) is 6.07 Å². The van der Waals surface area contributed by atoms with Gasteiger partial charge in [-0.2, -0.15) is 5.26 Å². The lowest BCUT2D eigenvalue weighted by atomic mass is 10.1. The van der Waals surface area contributed by atoms with Crippen LogP contribution in [0.25, 0.3) is 0 Å². The summed E-state index contributed by atoms with van der Waals surface area (Å²) in [5.41, 5.74) is 2.57. The number of anilines is 1. The summed E-state index contributed by atoms with van der Waals surface area (Å²) in [5.74, 6) is -0.146. The molecule has 1 aliphatic rings. The molecule has 5 heteroatoms. The van der Waals surface area contributed by atoms with Crippen molar-refractivity contribution >= 4 is 23.1 Å². The summed E-state index contributed by atoms with van der Waals surface area (Å²) in [5, 5.41) is 17.4. The van der Waals surface area contributed by atoms with Gasteiger partial charge in [0.05, 0.1) is 28.9 Å². The number of fused-ring (bicyclic) bond motifs is 1. The molecule has 0 radical (unpaired) electrons. The normalized spacial score (nSPS) is 13.2. The third-order valence-corrected chi connectivity index (χ3v) is 3.60. The molecular weight excluding hydrogens is 277 g/mol. The molecule has 0 bridgehead atoms. The number of halogens is 2. The van der Waals surface area contributed by atoms with E-state index in [4.69, 9.17) is 22.3 Å². The van der Waals surface area contributed by atoms with Crippen molar-refractivity contribution in [3.05, 3.63) is 63.9 Å². The van der Waals surface area contributed by atoms with Crippen LogP contribution in [0.4, 0.5) is 10.1 Å². The Kier molecular flexibility index (Phi) is 2.92. The van der Waals surface area contributed by atoms with E-state index >= 15 is 0 Å². The quantitative estimate of drug-likeness (QED) is 0.868. The molecule has 0 unspecified atom stereocenters. The summed E-state index contributed by atoms with van der Waals surface area (Å²) in [6, 6.07) is 11.4. The maximum absolute atomic E-state index is 13.3. The summed E-state index contributed by atoms with van der Waals surface area (Å²) >= 11 is 6.16. The van der Waals surface area contributed by atoms with Crippen molar-refractivity contribution in [3.8, 4) is 6.07 Å². The van der Waals surface area contributed by atoms with Gasteiger partial charge in [-0.1, -0.05) is 17.7 Å². The van der Waals surface area contributed by atoms with Gasteiger partial charge in [0.2, 0.25) is 0 Å². The highest BCUT2D eigenvalue weighted by molar-refractivity contribution is 6.34. The monoisotopic (exact) mass is 285 g/mol. The lowest BCUT2D eigenvalue weighted by Gasteiger charge is -2.19. The zero-order chi connectivity index (χ0) is 14.3. The molecule has 1 N–H and O–H groups in total. The first kappa shape index (κ1) is 12.6. The number of benzene rings is 2. The number of amidine groups is 1. The van der Waals surface area contributed by atoms with E-state index in [-0.39, 0.29) is 11.7 Å². The van der Waals surface area contributed by atoms with Gasteiger partial charge in [0.15, 0.2) is 0 Å². The zero-order valence-electron chi connectivity index (χ0n) is 10.3. The van der Waals surface area contributed by atoms with Crippen LogP contribution in [0.3, 0.4) is 0 Å². The van der Waals surface area contributed by atoms with Crippen molar-refractivity contribution in [3.63, 3.8) is 0 Å². The molecule has 0 saturated heterocycles. The largest absolute Gasteiger partial charge is 0.320 e.